The van der Waals surface area contributed by atoms with Crippen molar-refractivity contribution >= 4 is 23.2 Å². The van der Waals surface area contributed by atoms with Crippen LogP contribution in [0.4, 0.5) is 0 Å². The Hall–Kier alpha value is -3.30. The molecule has 1 atom stereocenters. The summed E-state index contributed by atoms with van der Waals surface area (Å²) in [6, 6.07) is 9.98. The third-order valence-electron chi connectivity index (χ3n) is 5.14. The number of hydrogen-bond donors (Lipinski definition) is 2. The number of pyridine rings is 1. The number of methoxy groups -OCH3 is 1. The number of carbonyl (C=O) groups excluding carboxylic acids is 1. The Balaban J connectivity index is 0.000000335. The number of aryl methyl sites for hydroxylation is 2. The summed E-state index contributed by atoms with van der Waals surface area (Å²) in [7, 11) is 1.70. The minimum atomic E-state index is -1.04. The van der Waals surface area contributed by atoms with Crippen molar-refractivity contribution in [2.75, 3.05) is 13.7 Å². The molecule has 9 heteroatoms. The summed E-state index contributed by atoms with van der Waals surface area (Å²) in [6.07, 6.45) is 0.740. The highest BCUT2D eigenvalue weighted by atomic mass is 32.1. The fourth-order valence-electron chi connectivity index (χ4n) is 3.32. The number of carbonyl (C=O) groups is 2. The lowest BCUT2D eigenvalue weighted by atomic mass is 10.1. The summed E-state index contributed by atoms with van der Waals surface area (Å²) in [5, 5.41) is 15.2. The van der Waals surface area contributed by atoms with Crippen molar-refractivity contribution in [2.45, 2.75) is 46.3 Å². The van der Waals surface area contributed by atoms with E-state index in [2.05, 4.69) is 27.4 Å². The third kappa shape index (κ3) is 5.98. The minimum absolute atomic E-state index is 0.189. The Morgan fingerprint density at radius 3 is 2.47 bits per heavy atom. The number of benzene rings is 1. The largest absolute Gasteiger partial charge is 0.496 e. The molecule has 2 aliphatic carbocycles. The number of aliphatic carboxylic acids is 1. The smallest absolute Gasteiger partial charge is 0.332 e. The van der Waals surface area contributed by atoms with E-state index >= 15 is 0 Å². The van der Waals surface area contributed by atoms with Crippen LogP contribution in [-0.2, 0) is 9.53 Å². The molecule has 2 heterocycles. The molecular formula is C25H29N3O5S. The quantitative estimate of drug-likeness (QED) is 0.368. The lowest BCUT2D eigenvalue weighted by Gasteiger charge is -2.16. The molecule has 1 unspecified atom stereocenters. The predicted molar refractivity (Wildman–Crippen MR) is 130 cm³/mol. The molecule has 2 aliphatic rings. The summed E-state index contributed by atoms with van der Waals surface area (Å²) < 4.78 is 10.3. The molecule has 1 amide bonds. The van der Waals surface area contributed by atoms with Gasteiger partial charge in [0.25, 0.3) is 5.91 Å². The SMILES string of the molecule is COc1cc2ccc1=2.Cc1cccnc1-c1nc(C(=O)NCCC(OC(C)C)C(=O)O)c(C)s1. The number of carboxylic acid groups (broad SMARTS) is 1. The molecule has 0 radical (unpaired) electrons. The molecule has 0 spiro atoms. The molecule has 0 bridgehead atoms. The average Bonchev–Trinajstić information content (AvgIpc) is 3.16. The van der Waals surface area contributed by atoms with E-state index in [1.165, 1.54) is 21.8 Å². The van der Waals surface area contributed by atoms with Gasteiger partial charge >= 0.3 is 5.97 Å². The Morgan fingerprint density at radius 2 is 1.97 bits per heavy atom. The van der Waals surface area contributed by atoms with Crippen molar-refractivity contribution in [3.63, 3.8) is 0 Å². The van der Waals surface area contributed by atoms with Crippen molar-refractivity contribution in [3.05, 3.63) is 63.1 Å². The molecule has 2 aromatic heterocycles. The Morgan fingerprint density at radius 1 is 1.21 bits per heavy atom. The molecule has 8 nitrogen and oxygen atoms in total. The first-order valence-electron chi connectivity index (χ1n) is 11.0. The van der Waals surface area contributed by atoms with Gasteiger partial charge in [-0.3, -0.25) is 9.78 Å². The molecule has 180 valence electrons. The van der Waals surface area contributed by atoms with Crippen LogP contribution in [0.1, 0.15) is 41.2 Å². The van der Waals surface area contributed by atoms with Gasteiger partial charge in [0.15, 0.2) is 6.10 Å². The summed E-state index contributed by atoms with van der Waals surface area (Å²) in [6.45, 7) is 7.51. The lowest BCUT2D eigenvalue weighted by Crippen LogP contribution is -2.33. The number of hydrogen-bond acceptors (Lipinski definition) is 7. The minimum Gasteiger partial charge on any atom is -0.496 e. The topological polar surface area (TPSA) is 111 Å². The second kappa shape index (κ2) is 11.2. The maximum Gasteiger partial charge on any atom is 0.332 e. The highest BCUT2D eigenvalue weighted by Crippen LogP contribution is 2.28. The van der Waals surface area contributed by atoms with Gasteiger partial charge < -0.3 is 19.9 Å². The Kier molecular flexibility index (Phi) is 8.36. The molecule has 4 rings (SSSR count). The van der Waals surface area contributed by atoms with E-state index < -0.39 is 12.1 Å². The zero-order valence-corrected chi connectivity index (χ0v) is 20.7. The summed E-state index contributed by atoms with van der Waals surface area (Å²) in [5.74, 6) is -0.333. The van der Waals surface area contributed by atoms with Crippen molar-refractivity contribution in [1.29, 1.82) is 0 Å². The van der Waals surface area contributed by atoms with Gasteiger partial charge in [0.1, 0.15) is 22.1 Å². The van der Waals surface area contributed by atoms with Crippen LogP contribution in [0.3, 0.4) is 0 Å². The number of ether oxygens (including phenoxy) is 2. The fraction of sp³-hybridized carbons (Fsp3) is 0.360. The van der Waals surface area contributed by atoms with Gasteiger partial charge in [0, 0.05) is 29.3 Å². The van der Waals surface area contributed by atoms with Crippen molar-refractivity contribution < 1.29 is 24.2 Å². The first-order chi connectivity index (χ1) is 16.2. The number of nitrogens with one attached hydrogen (secondary N) is 1. The Labute approximate surface area is 202 Å². The lowest BCUT2D eigenvalue weighted by molar-refractivity contribution is -0.153. The first kappa shape index (κ1) is 25.3. The zero-order valence-electron chi connectivity index (χ0n) is 19.9. The monoisotopic (exact) mass is 483 g/mol. The van der Waals surface area contributed by atoms with Gasteiger partial charge in [-0.1, -0.05) is 18.2 Å². The normalized spacial score (nSPS) is 11.9. The molecular weight excluding hydrogens is 454 g/mol. The van der Waals surface area contributed by atoms with Gasteiger partial charge in [-0.2, -0.15) is 0 Å². The van der Waals surface area contributed by atoms with Crippen LogP contribution in [0.15, 0.2) is 36.5 Å². The molecule has 34 heavy (non-hydrogen) atoms. The van der Waals surface area contributed by atoms with E-state index in [0.29, 0.717) is 10.7 Å². The summed E-state index contributed by atoms with van der Waals surface area (Å²) >= 11 is 1.41. The molecule has 0 saturated carbocycles. The molecule has 2 aromatic rings. The molecule has 0 aliphatic heterocycles. The molecule has 0 fully saturated rings. The van der Waals surface area contributed by atoms with E-state index in [0.717, 1.165) is 21.9 Å². The van der Waals surface area contributed by atoms with Gasteiger partial charge in [0.05, 0.1) is 13.2 Å². The van der Waals surface area contributed by atoms with Crippen molar-refractivity contribution in [1.82, 2.24) is 15.3 Å². The van der Waals surface area contributed by atoms with Gasteiger partial charge in [-0.25, -0.2) is 9.78 Å². The third-order valence-corrected chi connectivity index (χ3v) is 6.12. The van der Waals surface area contributed by atoms with E-state index in [1.54, 1.807) is 27.2 Å². The maximum atomic E-state index is 12.4. The highest BCUT2D eigenvalue weighted by molar-refractivity contribution is 7.15. The van der Waals surface area contributed by atoms with Crippen LogP contribution in [0, 0.1) is 24.3 Å². The van der Waals surface area contributed by atoms with E-state index in [1.807, 2.05) is 32.0 Å². The van der Waals surface area contributed by atoms with E-state index in [9.17, 15) is 9.59 Å². The first-order valence-corrected chi connectivity index (χ1v) is 11.8. The summed E-state index contributed by atoms with van der Waals surface area (Å²) in [4.78, 5) is 33.1. The number of carboxylic acids is 1. The maximum absolute atomic E-state index is 12.4. The molecule has 0 aromatic carbocycles. The number of thiazole rings is 1. The highest BCUT2D eigenvalue weighted by Gasteiger charge is 2.21. The number of nitrogens with zero attached hydrogens (tertiary/aromatic N) is 2. The average molecular weight is 484 g/mol. The summed E-state index contributed by atoms with van der Waals surface area (Å²) in [5.41, 5.74) is 2.09. The van der Waals surface area contributed by atoms with Crippen LogP contribution in [-0.4, -0.2) is 52.8 Å². The van der Waals surface area contributed by atoms with Crippen LogP contribution in [0.25, 0.3) is 10.7 Å². The standard InChI is InChI=1S/C18H23N3O4S.C7H6O/c1-10(2)25-13(18(23)24)7-9-20-16(22)15-12(4)26-17(21-15)14-11(3)6-5-8-19-14;1-8-7-4-5-2-3-6(5)7/h5-6,8,10,13H,7,9H2,1-4H3,(H,20,22)(H,23,24);2-4H,1H3. The predicted octanol–water partition coefficient (Wildman–Crippen LogP) is 4.12. The van der Waals surface area contributed by atoms with Crippen molar-refractivity contribution in [2.24, 2.45) is 0 Å². The second-order valence-corrected chi connectivity index (χ2v) is 9.27. The Bertz CT molecular complexity index is 1270. The van der Waals surface area contributed by atoms with Crippen LogP contribution in [0.2, 0.25) is 0 Å². The number of amides is 1. The van der Waals surface area contributed by atoms with Crippen LogP contribution >= 0.6 is 11.3 Å². The van der Waals surface area contributed by atoms with Crippen LogP contribution in [0.5, 0.6) is 5.75 Å². The fourth-order valence-corrected chi connectivity index (χ4v) is 4.29. The van der Waals surface area contributed by atoms with Gasteiger partial charge in [-0.15, -0.1) is 11.3 Å². The second-order valence-electron chi connectivity index (χ2n) is 8.06. The number of aromatic nitrogens is 2. The molecule has 2 N–H and O–H groups in total. The van der Waals surface area contributed by atoms with Crippen molar-refractivity contribution in [3.8, 4) is 16.5 Å². The molecule has 0 saturated heterocycles. The van der Waals surface area contributed by atoms with Gasteiger partial charge in [-0.05, 0) is 50.6 Å². The van der Waals surface area contributed by atoms with E-state index in [4.69, 9.17) is 14.6 Å². The zero-order chi connectivity index (χ0) is 24.8. The van der Waals surface area contributed by atoms with E-state index in [-0.39, 0.29) is 25.0 Å². The van der Waals surface area contributed by atoms with Gasteiger partial charge in [0.2, 0.25) is 0 Å². The number of rotatable bonds is 9. The van der Waals surface area contributed by atoms with Crippen LogP contribution < -0.4 is 10.1 Å².